The molecule has 2 aromatic rings. The van der Waals surface area contributed by atoms with Crippen LogP contribution in [0.2, 0.25) is 5.02 Å². The van der Waals surface area contributed by atoms with E-state index < -0.39 is 5.56 Å². The van der Waals surface area contributed by atoms with Gasteiger partial charge in [0.25, 0.3) is 5.56 Å². The van der Waals surface area contributed by atoms with E-state index in [1.54, 1.807) is 0 Å². The number of benzene rings is 1. The number of hydrogen-bond acceptors (Lipinski definition) is 3. The smallest absolute Gasteiger partial charge is 0.285 e. The molecule has 1 aromatic carbocycles. The monoisotopic (exact) mass is 327 g/mol. The quantitative estimate of drug-likeness (QED) is 0.908. The van der Waals surface area contributed by atoms with E-state index in [1.165, 1.54) is 6.20 Å². The Morgan fingerprint density at radius 2 is 2.28 bits per heavy atom. The standard InChI is InChI=1S/C12H11BrClN3O/c1-7(8-3-2-4-9(13)5-8)16-10-6-15-17-12(18)11(10)14/h2-7H,1H3,(H2,16,17,18)/t7-/m0/s1. The van der Waals surface area contributed by atoms with Crippen molar-refractivity contribution < 1.29 is 0 Å². The lowest BCUT2D eigenvalue weighted by atomic mass is 10.1. The Bertz CT molecular complexity index is 614. The lowest BCUT2D eigenvalue weighted by molar-refractivity contribution is 0.874. The Kier molecular flexibility index (Phi) is 4.04. The summed E-state index contributed by atoms with van der Waals surface area (Å²) in [5.74, 6) is 0. The number of H-pyrrole nitrogens is 1. The van der Waals surface area contributed by atoms with E-state index in [1.807, 2.05) is 31.2 Å². The first-order chi connectivity index (χ1) is 8.58. The number of nitrogens with zero attached hydrogens (tertiary/aromatic N) is 1. The molecule has 6 heteroatoms. The number of aromatic amines is 1. The lowest BCUT2D eigenvalue weighted by Gasteiger charge is -2.16. The second-order valence-electron chi connectivity index (χ2n) is 3.85. The summed E-state index contributed by atoms with van der Waals surface area (Å²) < 4.78 is 1.00. The van der Waals surface area contributed by atoms with Crippen molar-refractivity contribution in [3.63, 3.8) is 0 Å². The maximum Gasteiger partial charge on any atom is 0.285 e. The molecule has 0 bridgehead atoms. The van der Waals surface area contributed by atoms with Crippen molar-refractivity contribution in [1.82, 2.24) is 10.2 Å². The molecule has 2 rings (SSSR count). The van der Waals surface area contributed by atoms with Gasteiger partial charge in [-0.1, -0.05) is 39.7 Å². The minimum Gasteiger partial charge on any atom is -0.376 e. The summed E-state index contributed by atoms with van der Waals surface area (Å²) in [6.45, 7) is 1.99. The van der Waals surface area contributed by atoms with Gasteiger partial charge in [0.2, 0.25) is 0 Å². The van der Waals surface area contributed by atoms with Gasteiger partial charge in [-0.25, -0.2) is 5.10 Å². The van der Waals surface area contributed by atoms with Crippen LogP contribution in [0.1, 0.15) is 18.5 Å². The molecule has 0 aliphatic heterocycles. The predicted molar refractivity (Wildman–Crippen MR) is 76.0 cm³/mol. The molecule has 0 spiro atoms. The molecule has 1 heterocycles. The van der Waals surface area contributed by atoms with Gasteiger partial charge in [-0.05, 0) is 24.6 Å². The fraction of sp³-hybridized carbons (Fsp3) is 0.167. The highest BCUT2D eigenvalue weighted by atomic mass is 79.9. The minimum atomic E-state index is -0.400. The van der Waals surface area contributed by atoms with Crippen LogP contribution in [0.25, 0.3) is 0 Å². The Hall–Kier alpha value is -1.33. The third-order valence-corrected chi connectivity index (χ3v) is 3.38. The van der Waals surface area contributed by atoms with Crippen LogP contribution in [0.15, 0.2) is 39.7 Å². The van der Waals surface area contributed by atoms with Gasteiger partial charge in [0.05, 0.1) is 11.9 Å². The summed E-state index contributed by atoms with van der Waals surface area (Å²) in [7, 11) is 0. The van der Waals surface area contributed by atoms with Gasteiger partial charge < -0.3 is 5.32 Å². The molecule has 0 saturated carbocycles. The average Bonchev–Trinajstić information content (AvgIpc) is 2.35. The van der Waals surface area contributed by atoms with Crippen molar-refractivity contribution in [3.05, 3.63) is 55.9 Å². The van der Waals surface area contributed by atoms with E-state index in [-0.39, 0.29) is 11.1 Å². The van der Waals surface area contributed by atoms with Gasteiger partial charge in [0.15, 0.2) is 0 Å². The maximum absolute atomic E-state index is 11.3. The van der Waals surface area contributed by atoms with Crippen LogP contribution in [0.3, 0.4) is 0 Å². The fourth-order valence-corrected chi connectivity index (χ4v) is 2.14. The first kappa shape index (κ1) is 13.1. The zero-order valence-corrected chi connectivity index (χ0v) is 11.9. The van der Waals surface area contributed by atoms with Crippen LogP contribution in [0.5, 0.6) is 0 Å². The normalized spacial score (nSPS) is 12.2. The van der Waals surface area contributed by atoms with E-state index in [4.69, 9.17) is 11.6 Å². The Morgan fingerprint density at radius 1 is 1.50 bits per heavy atom. The summed E-state index contributed by atoms with van der Waals surface area (Å²) in [6.07, 6.45) is 1.50. The van der Waals surface area contributed by atoms with Crippen molar-refractivity contribution in [2.75, 3.05) is 5.32 Å². The number of hydrogen-bond donors (Lipinski definition) is 2. The van der Waals surface area contributed by atoms with Crippen LogP contribution in [0, 0.1) is 0 Å². The molecule has 0 fully saturated rings. The topological polar surface area (TPSA) is 57.8 Å². The van der Waals surface area contributed by atoms with Crippen LogP contribution in [-0.2, 0) is 0 Å². The summed E-state index contributed by atoms with van der Waals surface area (Å²) >= 11 is 9.32. The number of rotatable bonds is 3. The van der Waals surface area contributed by atoms with Crippen molar-refractivity contribution in [2.45, 2.75) is 13.0 Å². The summed E-state index contributed by atoms with van der Waals surface area (Å²) in [5.41, 5.74) is 1.21. The zero-order valence-electron chi connectivity index (χ0n) is 9.58. The molecular formula is C12H11BrClN3O. The van der Waals surface area contributed by atoms with E-state index in [9.17, 15) is 4.79 Å². The molecule has 0 aliphatic rings. The van der Waals surface area contributed by atoms with Crippen molar-refractivity contribution in [1.29, 1.82) is 0 Å². The zero-order chi connectivity index (χ0) is 13.1. The SMILES string of the molecule is C[C@H](Nc1cn[nH]c(=O)c1Cl)c1cccc(Br)c1. The molecular weight excluding hydrogens is 318 g/mol. The third kappa shape index (κ3) is 2.91. The molecule has 0 aliphatic carbocycles. The number of halogens is 2. The molecule has 2 N–H and O–H groups in total. The van der Waals surface area contributed by atoms with E-state index in [0.717, 1.165) is 10.0 Å². The fourth-order valence-electron chi connectivity index (χ4n) is 1.58. The lowest BCUT2D eigenvalue weighted by Crippen LogP contribution is -2.14. The Labute approximate surface area is 118 Å². The Balaban J connectivity index is 2.24. The van der Waals surface area contributed by atoms with E-state index >= 15 is 0 Å². The molecule has 1 atom stereocenters. The second kappa shape index (κ2) is 5.54. The predicted octanol–water partition coefficient (Wildman–Crippen LogP) is 3.36. The highest BCUT2D eigenvalue weighted by Gasteiger charge is 2.10. The first-order valence-electron chi connectivity index (χ1n) is 5.33. The van der Waals surface area contributed by atoms with Crippen LogP contribution in [0.4, 0.5) is 5.69 Å². The molecule has 0 unspecified atom stereocenters. The number of aromatic nitrogens is 2. The summed E-state index contributed by atoms with van der Waals surface area (Å²) in [4.78, 5) is 11.3. The van der Waals surface area contributed by atoms with Crippen LogP contribution < -0.4 is 10.9 Å². The largest absolute Gasteiger partial charge is 0.376 e. The number of nitrogens with one attached hydrogen (secondary N) is 2. The molecule has 0 radical (unpaired) electrons. The van der Waals surface area contributed by atoms with Crippen LogP contribution >= 0.6 is 27.5 Å². The summed E-state index contributed by atoms with van der Waals surface area (Å²) in [5, 5.41) is 9.27. The molecule has 4 nitrogen and oxygen atoms in total. The van der Waals surface area contributed by atoms with Gasteiger partial charge in [-0.3, -0.25) is 4.79 Å². The first-order valence-corrected chi connectivity index (χ1v) is 6.50. The van der Waals surface area contributed by atoms with Gasteiger partial charge in [0, 0.05) is 10.5 Å². The number of anilines is 1. The average molecular weight is 329 g/mol. The van der Waals surface area contributed by atoms with Crippen molar-refractivity contribution in [2.24, 2.45) is 0 Å². The molecule has 94 valence electrons. The minimum absolute atomic E-state index is 0.0172. The second-order valence-corrected chi connectivity index (χ2v) is 5.14. The van der Waals surface area contributed by atoms with E-state index in [0.29, 0.717) is 5.69 Å². The van der Waals surface area contributed by atoms with Gasteiger partial charge in [-0.15, -0.1) is 0 Å². The van der Waals surface area contributed by atoms with Gasteiger partial charge in [-0.2, -0.15) is 5.10 Å². The highest BCUT2D eigenvalue weighted by molar-refractivity contribution is 9.10. The molecule has 18 heavy (non-hydrogen) atoms. The third-order valence-electron chi connectivity index (χ3n) is 2.52. The highest BCUT2D eigenvalue weighted by Crippen LogP contribution is 2.24. The summed E-state index contributed by atoms with van der Waals surface area (Å²) in [6, 6.07) is 7.93. The van der Waals surface area contributed by atoms with Gasteiger partial charge >= 0.3 is 0 Å². The van der Waals surface area contributed by atoms with E-state index in [2.05, 4.69) is 31.4 Å². The molecule has 1 aromatic heterocycles. The van der Waals surface area contributed by atoms with Crippen molar-refractivity contribution in [3.8, 4) is 0 Å². The van der Waals surface area contributed by atoms with Crippen LogP contribution in [-0.4, -0.2) is 10.2 Å². The molecule has 0 amide bonds. The van der Waals surface area contributed by atoms with Crippen molar-refractivity contribution >= 4 is 33.2 Å². The molecule has 0 saturated heterocycles. The van der Waals surface area contributed by atoms with Gasteiger partial charge in [0.1, 0.15) is 5.02 Å². The maximum atomic E-state index is 11.3. The Morgan fingerprint density at radius 3 is 3.00 bits per heavy atom.